The van der Waals surface area contributed by atoms with Gasteiger partial charge in [-0.1, -0.05) is 18.9 Å². The third kappa shape index (κ3) is 2.89. The highest BCUT2D eigenvalue weighted by Gasteiger charge is 2.18. The van der Waals surface area contributed by atoms with Crippen LogP contribution in [0.15, 0.2) is 36.8 Å². The molecular formula is C15H21N5. The zero-order valence-corrected chi connectivity index (χ0v) is 11.6. The van der Waals surface area contributed by atoms with Gasteiger partial charge in [-0.05, 0) is 30.5 Å². The maximum absolute atomic E-state index is 5.67. The van der Waals surface area contributed by atoms with Crippen molar-refractivity contribution in [2.45, 2.75) is 44.2 Å². The largest absolute Gasteiger partial charge is 0.271 e. The molecule has 1 saturated carbocycles. The molecule has 1 aliphatic rings. The fourth-order valence-electron chi connectivity index (χ4n) is 2.92. The molecule has 106 valence electrons. The molecule has 20 heavy (non-hydrogen) atoms. The summed E-state index contributed by atoms with van der Waals surface area (Å²) in [5.41, 5.74) is 5.02. The van der Waals surface area contributed by atoms with Crippen molar-refractivity contribution >= 4 is 0 Å². The summed E-state index contributed by atoms with van der Waals surface area (Å²) in [6, 6.07) is 6.70. The van der Waals surface area contributed by atoms with Gasteiger partial charge < -0.3 is 0 Å². The van der Waals surface area contributed by atoms with Crippen molar-refractivity contribution in [2.75, 3.05) is 0 Å². The van der Waals surface area contributed by atoms with E-state index < -0.39 is 0 Å². The van der Waals surface area contributed by atoms with E-state index in [0.717, 1.165) is 17.7 Å². The van der Waals surface area contributed by atoms with E-state index in [0.29, 0.717) is 6.04 Å². The predicted molar refractivity (Wildman–Crippen MR) is 77.7 cm³/mol. The van der Waals surface area contributed by atoms with Crippen LogP contribution in [0.1, 0.15) is 49.0 Å². The lowest BCUT2D eigenvalue weighted by Crippen LogP contribution is -2.29. The van der Waals surface area contributed by atoms with Gasteiger partial charge in [0.05, 0.1) is 17.8 Å². The highest BCUT2D eigenvalue weighted by Crippen LogP contribution is 2.29. The first kappa shape index (κ1) is 13.3. The quantitative estimate of drug-likeness (QED) is 0.646. The Morgan fingerprint density at radius 2 is 2.20 bits per heavy atom. The van der Waals surface area contributed by atoms with E-state index in [1.54, 1.807) is 6.20 Å². The number of pyridine rings is 1. The van der Waals surface area contributed by atoms with Crippen molar-refractivity contribution in [1.29, 1.82) is 0 Å². The van der Waals surface area contributed by atoms with Crippen LogP contribution >= 0.6 is 0 Å². The summed E-state index contributed by atoms with van der Waals surface area (Å²) in [6.45, 7) is 0. The molecule has 1 fully saturated rings. The molecule has 0 aromatic carbocycles. The minimum atomic E-state index is 0.0515. The molecule has 2 heterocycles. The first-order chi connectivity index (χ1) is 9.86. The topological polar surface area (TPSA) is 68.8 Å². The van der Waals surface area contributed by atoms with Gasteiger partial charge in [-0.3, -0.25) is 20.9 Å². The van der Waals surface area contributed by atoms with E-state index in [1.165, 1.54) is 25.7 Å². The molecule has 0 aliphatic heterocycles. The Morgan fingerprint density at radius 3 is 2.90 bits per heavy atom. The highest BCUT2D eigenvalue weighted by atomic mass is 15.3. The average Bonchev–Trinajstić information content (AvgIpc) is 3.16. The first-order valence-electron chi connectivity index (χ1n) is 7.27. The van der Waals surface area contributed by atoms with Crippen LogP contribution in [0.25, 0.3) is 0 Å². The number of hydrazine groups is 1. The molecule has 1 atom stereocenters. The third-order valence-corrected chi connectivity index (χ3v) is 4.06. The standard InChI is InChI=1S/C15H21N5/c16-18-15(12-4-3-8-17-11-12)10-13-7-9-20(19-13)14-5-1-2-6-14/h3-4,7-9,11,14-15,18H,1-2,5-6,10,16H2. The van der Waals surface area contributed by atoms with Crippen molar-refractivity contribution in [3.05, 3.63) is 48.0 Å². The summed E-state index contributed by atoms with van der Waals surface area (Å²) in [4.78, 5) is 4.14. The van der Waals surface area contributed by atoms with Crippen molar-refractivity contribution in [2.24, 2.45) is 5.84 Å². The van der Waals surface area contributed by atoms with Gasteiger partial charge in [0.15, 0.2) is 0 Å². The molecule has 0 radical (unpaired) electrons. The molecular weight excluding hydrogens is 250 g/mol. The summed E-state index contributed by atoms with van der Waals surface area (Å²) < 4.78 is 2.12. The van der Waals surface area contributed by atoms with E-state index >= 15 is 0 Å². The van der Waals surface area contributed by atoms with Gasteiger partial charge in [0.25, 0.3) is 0 Å². The fourth-order valence-corrected chi connectivity index (χ4v) is 2.92. The number of hydrogen-bond acceptors (Lipinski definition) is 4. The van der Waals surface area contributed by atoms with Gasteiger partial charge in [0.1, 0.15) is 0 Å². The van der Waals surface area contributed by atoms with E-state index in [1.807, 2.05) is 18.3 Å². The van der Waals surface area contributed by atoms with Crippen LogP contribution in [-0.4, -0.2) is 14.8 Å². The molecule has 0 spiro atoms. The minimum Gasteiger partial charge on any atom is -0.271 e. The lowest BCUT2D eigenvalue weighted by molar-refractivity contribution is 0.457. The zero-order valence-electron chi connectivity index (χ0n) is 11.6. The Morgan fingerprint density at radius 1 is 1.35 bits per heavy atom. The van der Waals surface area contributed by atoms with Crippen molar-refractivity contribution in [3.63, 3.8) is 0 Å². The number of nitrogens with two attached hydrogens (primary N) is 1. The third-order valence-electron chi connectivity index (χ3n) is 4.06. The summed E-state index contributed by atoms with van der Waals surface area (Å²) in [7, 11) is 0. The second kappa shape index (κ2) is 6.15. The molecule has 1 unspecified atom stereocenters. The Labute approximate surface area is 119 Å². The summed E-state index contributed by atoms with van der Waals surface area (Å²) in [6.07, 6.45) is 11.6. The highest BCUT2D eigenvalue weighted by molar-refractivity contribution is 5.16. The number of aromatic nitrogens is 3. The van der Waals surface area contributed by atoms with E-state index in [2.05, 4.69) is 27.4 Å². The van der Waals surface area contributed by atoms with Crippen LogP contribution < -0.4 is 11.3 Å². The lowest BCUT2D eigenvalue weighted by Gasteiger charge is -2.14. The normalized spacial score (nSPS) is 17.4. The van der Waals surface area contributed by atoms with Gasteiger partial charge in [0.2, 0.25) is 0 Å². The lowest BCUT2D eigenvalue weighted by atomic mass is 10.1. The average molecular weight is 271 g/mol. The molecule has 3 rings (SSSR count). The molecule has 2 aromatic rings. The molecule has 1 aliphatic carbocycles. The maximum Gasteiger partial charge on any atom is 0.0644 e. The van der Waals surface area contributed by atoms with Crippen LogP contribution in [0, 0.1) is 0 Å². The SMILES string of the molecule is NNC(Cc1ccn(C2CCCC2)n1)c1cccnc1. The van der Waals surface area contributed by atoms with Gasteiger partial charge >= 0.3 is 0 Å². The van der Waals surface area contributed by atoms with Crippen LogP contribution in [0.5, 0.6) is 0 Å². The van der Waals surface area contributed by atoms with Gasteiger partial charge in [0, 0.05) is 25.0 Å². The van der Waals surface area contributed by atoms with E-state index in [4.69, 9.17) is 10.9 Å². The monoisotopic (exact) mass is 271 g/mol. The Hall–Kier alpha value is -1.72. The smallest absolute Gasteiger partial charge is 0.0644 e. The van der Waals surface area contributed by atoms with E-state index in [9.17, 15) is 0 Å². The number of rotatable bonds is 5. The van der Waals surface area contributed by atoms with Crippen molar-refractivity contribution in [3.8, 4) is 0 Å². The van der Waals surface area contributed by atoms with Crippen LogP contribution in [0.3, 0.4) is 0 Å². The van der Waals surface area contributed by atoms with Crippen LogP contribution in [0.4, 0.5) is 0 Å². The summed E-state index contributed by atoms with van der Waals surface area (Å²) >= 11 is 0. The molecule has 0 amide bonds. The van der Waals surface area contributed by atoms with Crippen LogP contribution in [0.2, 0.25) is 0 Å². The Kier molecular flexibility index (Phi) is 4.08. The summed E-state index contributed by atoms with van der Waals surface area (Å²) in [5, 5.41) is 4.71. The molecule has 2 aromatic heterocycles. The predicted octanol–water partition coefficient (Wildman–Crippen LogP) is 2.14. The van der Waals surface area contributed by atoms with E-state index in [-0.39, 0.29) is 6.04 Å². The van der Waals surface area contributed by atoms with Crippen molar-refractivity contribution in [1.82, 2.24) is 20.2 Å². The molecule has 0 saturated heterocycles. The maximum atomic E-state index is 5.67. The molecule has 3 N–H and O–H groups in total. The number of nitrogens with one attached hydrogen (secondary N) is 1. The zero-order chi connectivity index (χ0) is 13.8. The molecule has 0 bridgehead atoms. The molecule has 5 nitrogen and oxygen atoms in total. The summed E-state index contributed by atoms with van der Waals surface area (Å²) in [5.74, 6) is 5.67. The number of nitrogens with zero attached hydrogens (tertiary/aromatic N) is 3. The fraction of sp³-hybridized carbons (Fsp3) is 0.467. The Bertz CT molecular complexity index is 530. The van der Waals surface area contributed by atoms with Gasteiger partial charge in [-0.25, -0.2) is 0 Å². The Balaban J connectivity index is 1.70. The van der Waals surface area contributed by atoms with Gasteiger partial charge in [-0.2, -0.15) is 5.10 Å². The second-order valence-corrected chi connectivity index (χ2v) is 5.44. The molecule has 5 heteroatoms. The van der Waals surface area contributed by atoms with Crippen molar-refractivity contribution < 1.29 is 0 Å². The van der Waals surface area contributed by atoms with Crippen LogP contribution in [-0.2, 0) is 6.42 Å². The van der Waals surface area contributed by atoms with Gasteiger partial charge in [-0.15, -0.1) is 0 Å². The first-order valence-corrected chi connectivity index (χ1v) is 7.27. The minimum absolute atomic E-state index is 0.0515. The number of hydrogen-bond donors (Lipinski definition) is 2. The second-order valence-electron chi connectivity index (χ2n) is 5.44.